The van der Waals surface area contributed by atoms with E-state index >= 15 is 0 Å². The van der Waals surface area contributed by atoms with E-state index in [1.165, 1.54) is 12.3 Å². The lowest BCUT2D eigenvalue weighted by atomic mass is 10.1. The molecule has 3 N–H and O–H groups in total. The van der Waals surface area contributed by atoms with Gasteiger partial charge in [-0.15, -0.1) is 0 Å². The number of halogens is 1. The van der Waals surface area contributed by atoms with E-state index < -0.39 is 0 Å². The second-order valence-electron chi connectivity index (χ2n) is 3.89. The Balaban J connectivity index is 2.00. The molecule has 2 aromatic rings. The van der Waals surface area contributed by atoms with Gasteiger partial charge in [-0.2, -0.15) is 0 Å². The fraction of sp³-hybridized carbons (Fsp3) is 0.154. The van der Waals surface area contributed by atoms with Crippen LogP contribution in [0.1, 0.15) is 11.3 Å². The smallest absolute Gasteiger partial charge is 0.155 e. The largest absolute Gasteiger partial charge is 0.388 e. The Morgan fingerprint density at radius 2 is 2.00 bits per heavy atom. The number of nitrogens with one attached hydrogen (secondary N) is 1. The molecule has 1 aromatic heterocycles. The molecule has 0 saturated heterocycles. The molecule has 0 spiro atoms. The number of hydrogen-bond acceptors (Lipinski definition) is 4. The fourth-order valence-electron chi connectivity index (χ4n) is 1.66. The van der Waals surface area contributed by atoms with Gasteiger partial charge in [0.05, 0.1) is 0 Å². The summed E-state index contributed by atoms with van der Waals surface area (Å²) in [4.78, 5) is 8.36. The second kappa shape index (κ2) is 6.19. The molecule has 0 fully saturated rings. The molecule has 19 heavy (non-hydrogen) atoms. The maximum atomic E-state index is 13.4. The van der Waals surface area contributed by atoms with Crippen molar-refractivity contribution in [3.63, 3.8) is 0 Å². The molecule has 6 heteroatoms. The van der Waals surface area contributed by atoms with Crippen molar-refractivity contribution in [1.82, 2.24) is 9.97 Å². The van der Waals surface area contributed by atoms with Crippen LogP contribution in [0.25, 0.3) is 0 Å². The van der Waals surface area contributed by atoms with Crippen LogP contribution in [0.3, 0.4) is 0 Å². The molecule has 0 aliphatic carbocycles. The third kappa shape index (κ3) is 3.45. The number of hydrogen-bond donors (Lipinski definition) is 2. The lowest BCUT2D eigenvalue weighted by Gasteiger charge is -2.09. The minimum Gasteiger partial charge on any atom is -0.388 e. The molecule has 0 bridgehead atoms. The first kappa shape index (κ1) is 13.4. The summed E-state index contributed by atoms with van der Waals surface area (Å²) in [5.41, 5.74) is 6.65. The normalized spacial score (nSPS) is 10.2. The summed E-state index contributed by atoms with van der Waals surface area (Å²) in [7, 11) is 0. The maximum absolute atomic E-state index is 13.4. The van der Waals surface area contributed by atoms with Crippen LogP contribution in [-0.2, 0) is 6.42 Å². The van der Waals surface area contributed by atoms with Gasteiger partial charge in [-0.05, 0) is 18.1 Å². The van der Waals surface area contributed by atoms with Crippen LogP contribution < -0.4 is 11.1 Å². The summed E-state index contributed by atoms with van der Waals surface area (Å²) in [5.74, 6) is 0.310. The van der Waals surface area contributed by atoms with E-state index in [4.69, 9.17) is 18.0 Å². The molecule has 0 atom stereocenters. The number of thiocarbonyl (C=S) groups is 1. The highest BCUT2D eigenvalue weighted by Crippen LogP contribution is 2.10. The monoisotopic (exact) mass is 276 g/mol. The van der Waals surface area contributed by atoms with Gasteiger partial charge < -0.3 is 11.1 Å². The van der Waals surface area contributed by atoms with Crippen molar-refractivity contribution < 1.29 is 4.39 Å². The van der Waals surface area contributed by atoms with Crippen molar-refractivity contribution in [1.29, 1.82) is 0 Å². The molecule has 0 radical (unpaired) electrons. The number of nitrogens with two attached hydrogens (primary N) is 1. The highest BCUT2D eigenvalue weighted by atomic mass is 32.1. The Morgan fingerprint density at radius 3 is 2.74 bits per heavy atom. The minimum absolute atomic E-state index is 0.182. The van der Waals surface area contributed by atoms with Gasteiger partial charge >= 0.3 is 0 Å². The summed E-state index contributed by atoms with van der Waals surface area (Å²) < 4.78 is 13.4. The van der Waals surface area contributed by atoms with Gasteiger partial charge in [0.15, 0.2) is 5.82 Å². The number of rotatable bonds is 5. The van der Waals surface area contributed by atoms with Crippen LogP contribution in [0.15, 0.2) is 36.7 Å². The van der Waals surface area contributed by atoms with Crippen LogP contribution in [0, 0.1) is 5.82 Å². The highest BCUT2D eigenvalue weighted by molar-refractivity contribution is 7.80. The quantitative estimate of drug-likeness (QED) is 0.817. The molecule has 4 nitrogen and oxygen atoms in total. The van der Waals surface area contributed by atoms with Crippen molar-refractivity contribution in [3.8, 4) is 0 Å². The molecule has 0 amide bonds. The van der Waals surface area contributed by atoms with Crippen molar-refractivity contribution in [2.24, 2.45) is 5.73 Å². The Morgan fingerprint density at radius 1 is 1.26 bits per heavy atom. The molecule has 2 rings (SSSR count). The number of nitrogens with zero attached hydrogens (tertiary/aromatic N) is 2. The molecule has 1 heterocycles. The summed E-state index contributed by atoms with van der Waals surface area (Å²) >= 11 is 4.89. The van der Waals surface area contributed by atoms with Crippen LogP contribution in [0.4, 0.5) is 10.2 Å². The van der Waals surface area contributed by atoms with Gasteiger partial charge in [-0.3, -0.25) is 0 Å². The molecule has 0 saturated carbocycles. The SMILES string of the molecule is NC(=S)c1nccnc1NCCc1ccccc1F. The fourth-order valence-corrected chi connectivity index (χ4v) is 1.81. The van der Waals surface area contributed by atoms with E-state index in [0.717, 1.165) is 0 Å². The predicted molar refractivity (Wildman–Crippen MR) is 76.5 cm³/mol. The zero-order chi connectivity index (χ0) is 13.7. The highest BCUT2D eigenvalue weighted by Gasteiger charge is 2.07. The van der Waals surface area contributed by atoms with Crippen molar-refractivity contribution in [2.45, 2.75) is 6.42 Å². The second-order valence-corrected chi connectivity index (χ2v) is 4.33. The van der Waals surface area contributed by atoms with Crippen molar-refractivity contribution >= 4 is 23.0 Å². The van der Waals surface area contributed by atoms with E-state index in [0.29, 0.717) is 30.0 Å². The van der Waals surface area contributed by atoms with Gasteiger partial charge in [-0.1, -0.05) is 30.4 Å². The van der Waals surface area contributed by atoms with Crippen LogP contribution in [0.2, 0.25) is 0 Å². The van der Waals surface area contributed by atoms with Gasteiger partial charge in [0.2, 0.25) is 0 Å². The molecule has 98 valence electrons. The zero-order valence-corrected chi connectivity index (χ0v) is 11.0. The van der Waals surface area contributed by atoms with Gasteiger partial charge in [0.1, 0.15) is 16.5 Å². The first-order chi connectivity index (χ1) is 9.18. The van der Waals surface area contributed by atoms with E-state index in [-0.39, 0.29) is 10.8 Å². The average molecular weight is 276 g/mol. The lowest BCUT2D eigenvalue weighted by molar-refractivity contribution is 0.610. The summed E-state index contributed by atoms with van der Waals surface area (Å²) in [6.07, 6.45) is 3.61. The Bertz CT molecular complexity index is 588. The van der Waals surface area contributed by atoms with Crippen molar-refractivity contribution in [3.05, 3.63) is 53.7 Å². The zero-order valence-electron chi connectivity index (χ0n) is 10.1. The predicted octanol–water partition coefficient (Wildman–Crippen LogP) is 1.90. The molecule has 0 aliphatic rings. The third-order valence-electron chi connectivity index (χ3n) is 2.58. The number of anilines is 1. The summed E-state index contributed by atoms with van der Waals surface area (Å²) in [6, 6.07) is 6.67. The van der Waals surface area contributed by atoms with E-state index in [1.807, 2.05) is 0 Å². The molecule has 0 aliphatic heterocycles. The lowest BCUT2D eigenvalue weighted by Crippen LogP contribution is -2.17. The average Bonchev–Trinajstić information content (AvgIpc) is 2.41. The van der Waals surface area contributed by atoms with Crippen molar-refractivity contribution in [2.75, 3.05) is 11.9 Å². The van der Waals surface area contributed by atoms with Crippen LogP contribution in [-0.4, -0.2) is 21.5 Å². The first-order valence-electron chi connectivity index (χ1n) is 5.76. The van der Waals surface area contributed by atoms with E-state index in [1.54, 1.807) is 24.4 Å². The van der Waals surface area contributed by atoms with Gasteiger partial charge in [0, 0.05) is 18.9 Å². The van der Waals surface area contributed by atoms with E-state index in [2.05, 4.69) is 15.3 Å². The standard InChI is InChI=1S/C13H13FN4S/c14-10-4-2-1-3-9(10)5-6-17-13-11(12(15)19)16-7-8-18-13/h1-4,7-8H,5-6H2,(H2,15,19)(H,17,18). The maximum Gasteiger partial charge on any atom is 0.155 e. The van der Waals surface area contributed by atoms with Gasteiger partial charge in [-0.25, -0.2) is 14.4 Å². The van der Waals surface area contributed by atoms with Crippen LogP contribution in [0.5, 0.6) is 0 Å². The molecule has 0 unspecified atom stereocenters. The molecule has 1 aromatic carbocycles. The summed E-state index contributed by atoms with van der Waals surface area (Å²) in [6.45, 7) is 0.523. The minimum atomic E-state index is -0.210. The molecular weight excluding hydrogens is 263 g/mol. The number of aromatic nitrogens is 2. The first-order valence-corrected chi connectivity index (χ1v) is 6.17. The third-order valence-corrected chi connectivity index (χ3v) is 2.77. The summed E-state index contributed by atoms with van der Waals surface area (Å²) in [5, 5.41) is 3.06. The topological polar surface area (TPSA) is 63.8 Å². The van der Waals surface area contributed by atoms with E-state index in [9.17, 15) is 4.39 Å². The number of benzene rings is 1. The molecular formula is C13H13FN4S. The van der Waals surface area contributed by atoms with Gasteiger partial charge in [0.25, 0.3) is 0 Å². The Kier molecular flexibility index (Phi) is 4.35. The Labute approximate surface area is 115 Å². The van der Waals surface area contributed by atoms with Crippen LogP contribution >= 0.6 is 12.2 Å². The Hall–Kier alpha value is -2.08.